The molecule has 8 bridgehead atoms. The van der Waals surface area contributed by atoms with Gasteiger partial charge in [-0.2, -0.15) is 9.13 Å². The molecule has 0 unspecified atom stereocenters. The summed E-state index contributed by atoms with van der Waals surface area (Å²) in [5, 5.41) is 2.38. The number of fused-ring (bicyclic) bond motifs is 4. The molecule has 77 heavy (non-hydrogen) atoms. The Labute approximate surface area is 453 Å². The standard InChI is InChI=1S/C72H69N4O/c1-70(2,3)52-30-31-73-68(42-52)76-64-25-11-10-22-60(64)61-29-28-59(44-67(61)76)77-58-21-14-20-57(43-58)74-45-75(66-27-13-12-26-65(66)74)69-62(71(50-16-6-4-7-17-50)53-34-46-32-47(36-53)37-54(71)35-46)23-15-24-63(69)72(51-18-8-5-9-19-51)55-38-48-33-49(40-55)41-56(72)39-48/h4-31,42-49,53-56H,32-41H2,1-3H3/q+1. The highest BCUT2D eigenvalue weighted by molar-refractivity contribution is 6.09. The van der Waals surface area contributed by atoms with Crippen LogP contribution in [0.4, 0.5) is 0 Å². The summed E-state index contributed by atoms with van der Waals surface area (Å²) in [4.78, 5) is 4.96. The van der Waals surface area contributed by atoms with Gasteiger partial charge in [-0.25, -0.2) is 4.98 Å². The third-order valence-corrected chi connectivity index (χ3v) is 21.0. The fourth-order valence-corrected chi connectivity index (χ4v) is 18.5. The molecule has 8 aliphatic rings. The summed E-state index contributed by atoms with van der Waals surface area (Å²) < 4.78 is 14.5. The zero-order chi connectivity index (χ0) is 51.2. The summed E-state index contributed by atoms with van der Waals surface area (Å²) in [6.45, 7) is 6.79. The molecule has 0 atom stereocenters. The van der Waals surface area contributed by atoms with Crippen molar-refractivity contribution in [2.75, 3.05) is 0 Å². The number of pyridine rings is 1. The minimum atomic E-state index is -0.0912. The van der Waals surface area contributed by atoms with Crippen molar-refractivity contribution in [2.45, 2.75) is 101 Å². The van der Waals surface area contributed by atoms with Gasteiger partial charge in [-0.1, -0.05) is 136 Å². The van der Waals surface area contributed by atoms with Crippen molar-refractivity contribution < 1.29 is 9.30 Å². The summed E-state index contributed by atoms with van der Waals surface area (Å²) >= 11 is 0. The zero-order valence-corrected chi connectivity index (χ0v) is 44.9. The first-order valence-corrected chi connectivity index (χ1v) is 29.3. The number of aromatic nitrogens is 4. The van der Waals surface area contributed by atoms with Crippen molar-refractivity contribution in [3.8, 4) is 28.7 Å². The van der Waals surface area contributed by atoms with Crippen LogP contribution in [0.2, 0.25) is 0 Å². The molecule has 8 saturated carbocycles. The number of hydrogen-bond donors (Lipinski definition) is 0. The van der Waals surface area contributed by atoms with E-state index in [4.69, 9.17) is 9.72 Å². The van der Waals surface area contributed by atoms with Gasteiger partial charge in [0, 0.05) is 51.1 Å². The number of hydrogen-bond acceptors (Lipinski definition) is 2. The molecule has 8 aliphatic carbocycles. The van der Waals surface area contributed by atoms with E-state index in [0.717, 1.165) is 57.7 Å². The van der Waals surface area contributed by atoms with Crippen molar-refractivity contribution >= 4 is 32.8 Å². The first-order valence-electron chi connectivity index (χ1n) is 29.3. The van der Waals surface area contributed by atoms with Gasteiger partial charge in [0.25, 0.3) is 6.33 Å². The molecule has 0 radical (unpaired) electrons. The Hall–Kier alpha value is -7.24. The van der Waals surface area contributed by atoms with Crippen LogP contribution in [0.3, 0.4) is 0 Å². The molecule has 3 aromatic heterocycles. The lowest BCUT2D eigenvalue weighted by atomic mass is 9.40. The summed E-state index contributed by atoms with van der Waals surface area (Å²) in [6.07, 6.45) is 17.9. The van der Waals surface area contributed by atoms with E-state index in [9.17, 15) is 0 Å². The first-order chi connectivity index (χ1) is 37.7. The highest BCUT2D eigenvalue weighted by atomic mass is 16.5. The summed E-state index contributed by atoms with van der Waals surface area (Å²) in [5.41, 5.74) is 14.4. The van der Waals surface area contributed by atoms with Gasteiger partial charge in [-0.15, -0.1) is 0 Å². The largest absolute Gasteiger partial charge is 0.457 e. The second kappa shape index (κ2) is 17.1. The van der Waals surface area contributed by atoms with Gasteiger partial charge in [0.05, 0.1) is 11.0 Å². The second-order valence-electron chi connectivity index (χ2n) is 25.9. The lowest BCUT2D eigenvalue weighted by Gasteiger charge is -2.63. The number of imidazole rings is 1. The van der Waals surface area contributed by atoms with E-state index in [1.165, 1.54) is 108 Å². The van der Waals surface area contributed by atoms with Crippen LogP contribution in [0.25, 0.3) is 50.0 Å². The maximum absolute atomic E-state index is 6.99. The quantitative estimate of drug-likeness (QED) is 0.135. The Morgan fingerprint density at radius 3 is 1.62 bits per heavy atom. The highest BCUT2D eigenvalue weighted by Gasteiger charge is 2.63. The fourth-order valence-electron chi connectivity index (χ4n) is 18.5. The Kier molecular flexibility index (Phi) is 10.2. The molecule has 10 aromatic rings. The van der Waals surface area contributed by atoms with Crippen LogP contribution in [0, 0.1) is 47.3 Å². The Bertz CT molecular complexity index is 3770. The molecule has 382 valence electrons. The molecule has 0 amide bonds. The molecule has 7 aromatic carbocycles. The maximum atomic E-state index is 6.99. The average Bonchev–Trinajstić information content (AvgIpc) is 4.09. The fraction of sp³-hybridized carbons (Fsp3) is 0.333. The molecule has 8 fully saturated rings. The maximum Gasteiger partial charge on any atom is 0.255 e. The van der Waals surface area contributed by atoms with Gasteiger partial charge in [0.15, 0.2) is 11.0 Å². The van der Waals surface area contributed by atoms with Gasteiger partial charge in [-0.05, 0) is 188 Å². The molecular formula is C72H69N4O+. The Morgan fingerprint density at radius 1 is 0.481 bits per heavy atom. The zero-order valence-electron chi connectivity index (χ0n) is 44.9. The van der Waals surface area contributed by atoms with Crippen molar-refractivity contribution in [2.24, 2.45) is 47.3 Å². The molecule has 3 heterocycles. The summed E-state index contributed by atoms with van der Waals surface area (Å²) in [6, 6.07) is 69.3. The van der Waals surface area contributed by atoms with E-state index in [-0.39, 0.29) is 16.2 Å². The third kappa shape index (κ3) is 6.83. The van der Waals surface area contributed by atoms with Gasteiger partial charge in [0.1, 0.15) is 28.7 Å². The van der Waals surface area contributed by atoms with Gasteiger partial charge in [-0.3, -0.25) is 4.57 Å². The van der Waals surface area contributed by atoms with Crippen LogP contribution in [0.1, 0.15) is 113 Å². The highest BCUT2D eigenvalue weighted by Crippen LogP contribution is 2.69. The van der Waals surface area contributed by atoms with Gasteiger partial charge < -0.3 is 4.74 Å². The number of nitrogens with zero attached hydrogens (tertiary/aromatic N) is 4. The van der Waals surface area contributed by atoms with Gasteiger partial charge >= 0.3 is 0 Å². The molecule has 18 rings (SSSR count). The first kappa shape index (κ1) is 45.9. The summed E-state index contributed by atoms with van der Waals surface area (Å²) in [5.74, 6) is 8.32. The predicted molar refractivity (Wildman–Crippen MR) is 311 cm³/mol. The van der Waals surface area contributed by atoms with E-state index in [2.05, 4.69) is 223 Å². The molecular weight excluding hydrogens is 937 g/mol. The van der Waals surface area contributed by atoms with Crippen LogP contribution in [-0.2, 0) is 16.2 Å². The minimum Gasteiger partial charge on any atom is -0.457 e. The van der Waals surface area contributed by atoms with Crippen molar-refractivity contribution in [1.29, 1.82) is 0 Å². The Morgan fingerprint density at radius 2 is 1.01 bits per heavy atom. The number of ether oxygens (including phenoxy) is 1. The average molecular weight is 1010 g/mol. The third-order valence-electron chi connectivity index (χ3n) is 21.0. The predicted octanol–water partition coefficient (Wildman–Crippen LogP) is 17.0. The van der Waals surface area contributed by atoms with Crippen molar-refractivity contribution in [3.05, 3.63) is 222 Å². The van der Waals surface area contributed by atoms with E-state index in [1.807, 2.05) is 6.20 Å². The molecule has 0 spiro atoms. The molecule has 0 saturated heterocycles. The molecule has 5 heteroatoms. The van der Waals surface area contributed by atoms with Crippen LogP contribution in [0.15, 0.2) is 195 Å². The van der Waals surface area contributed by atoms with Crippen LogP contribution >= 0.6 is 0 Å². The van der Waals surface area contributed by atoms with Crippen LogP contribution < -0.4 is 9.30 Å². The van der Waals surface area contributed by atoms with Crippen molar-refractivity contribution in [3.63, 3.8) is 0 Å². The number of para-hydroxylation sites is 4. The second-order valence-corrected chi connectivity index (χ2v) is 25.9. The van der Waals surface area contributed by atoms with E-state index in [0.29, 0.717) is 23.7 Å². The lowest BCUT2D eigenvalue weighted by molar-refractivity contribution is -0.569. The van der Waals surface area contributed by atoms with Crippen molar-refractivity contribution in [1.82, 2.24) is 14.1 Å². The lowest BCUT2D eigenvalue weighted by Crippen LogP contribution is -2.59. The minimum absolute atomic E-state index is 0.0101. The van der Waals surface area contributed by atoms with E-state index in [1.54, 1.807) is 11.1 Å². The van der Waals surface area contributed by atoms with E-state index < -0.39 is 0 Å². The molecule has 0 aliphatic heterocycles. The Balaban J connectivity index is 0.887. The van der Waals surface area contributed by atoms with Gasteiger partial charge in [0.2, 0.25) is 0 Å². The SMILES string of the molecule is CC(C)(C)c1ccnc(-n2c3ccccc3c3ccc(Oc4cccc(-n5c[n+](-c6c(C7(c8ccccc8)C8CC9CC(C8)CC7C9)cccc6C6(c7ccccc7)C7CC8CC(C7)CC6C8)c6ccccc65)c4)cc32)c1. The van der Waals surface area contributed by atoms with E-state index >= 15 is 0 Å². The number of benzene rings is 7. The van der Waals surface area contributed by atoms with Crippen LogP contribution in [-0.4, -0.2) is 14.1 Å². The monoisotopic (exact) mass is 1010 g/mol. The molecule has 0 N–H and O–H groups in total. The summed E-state index contributed by atoms with van der Waals surface area (Å²) in [7, 11) is 0. The smallest absolute Gasteiger partial charge is 0.255 e. The van der Waals surface area contributed by atoms with Crippen LogP contribution in [0.5, 0.6) is 11.5 Å². The normalized spacial score (nSPS) is 28.0. The topological polar surface area (TPSA) is 35.9 Å². The number of rotatable bonds is 9. The molecule has 5 nitrogen and oxygen atoms in total.